The second kappa shape index (κ2) is 10.7. The normalized spacial score (nSPS) is 16.0. The molecule has 0 spiro atoms. The number of rotatable bonds is 9. The van der Waals surface area contributed by atoms with Gasteiger partial charge in [0.2, 0.25) is 5.91 Å². The summed E-state index contributed by atoms with van der Waals surface area (Å²) in [6.07, 6.45) is 2.35. The third-order valence-corrected chi connectivity index (χ3v) is 6.03. The van der Waals surface area contributed by atoms with E-state index in [1.54, 1.807) is 18.9 Å². The molecule has 3 rings (SSSR count). The zero-order valence-corrected chi connectivity index (χ0v) is 18.1. The number of amides is 1. The highest BCUT2D eigenvalue weighted by molar-refractivity contribution is 8.03. The van der Waals surface area contributed by atoms with E-state index in [0.717, 1.165) is 29.7 Å². The summed E-state index contributed by atoms with van der Waals surface area (Å²) in [4.78, 5) is 12.3. The lowest BCUT2D eigenvalue weighted by Crippen LogP contribution is -2.31. The highest BCUT2D eigenvalue weighted by Gasteiger charge is 2.30. The molecule has 156 valence electrons. The van der Waals surface area contributed by atoms with Crippen molar-refractivity contribution >= 4 is 17.7 Å². The summed E-state index contributed by atoms with van der Waals surface area (Å²) in [5.74, 6) is 1.74. The molecule has 0 aliphatic carbocycles. The van der Waals surface area contributed by atoms with Crippen LogP contribution in [0.1, 0.15) is 43.2 Å². The predicted octanol–water partition coefficient (Wildman–Crippen LogP) is 5.15. The molecule has 30 heavy (non-hydrogen) atoms. The predicted molar refractivity (Wildman–Crippen MR) is 119 cm³/mol. The Kier molecular flexibility index (Phi) is 7.81. The van der Waals surface area contributed by atoms with Crippen molar-refractivity contribution in [2.75, 3.05) is 12.9 Å². The molecule has 0 saturated carbocycles. The summed E-state index contributed by atoms with van der Waals surface area (Å²) >= 11 is 1.54. The monoisotopic (exact) mass is 422 g/mol. The SMILES string of the molecule is CCCCSC1=C(C#N)[C@H](c2ccc(OCc3ccccc3)c(OC)c2)CC(=O)N1. The summed E-state index contributed by atoms with van der Waals surface area (Å²) in [7, 11) is 1.59. The van der Waals surface area contributed by atoms with Crippen LogP contribution in [0.4, 0.5) is 0 Å². The second-order valence-corrected chi connectivity index (χ2v) is 8.15. The number of unbranched alkanes of at least 4 members (excludes halogenated alkanes) is 1. The Morgan fingerprint density at radius 2 is 2.00 bits per heavy atom. The molecule has 0 unspecified atom stereocenters. The van der Waals surface area contributed by atoms with Crippen LogP contribution in [-0.2, 0) is 11.4 Å². The van der Waals surface area contributed by atoms with Crippen molar-refractivity contribution in [3.63, 3.8) is 0 Å². The van der Waals surface area contributed by atoms with Crippen molar-refractivity contribution in [2.24, 2.45) is 0 Å². The van der Waals surface area contributed by atoms with E-state index < -0.39 is 0 Å². The summed E-state index contributed by atoms with van der Waals surface area (Å²) < 4.78 is 11.5. The van der Waals surface area contributed by atoms with Crippen LogP contribution >= 0.6 is 11.8 Å². The number of thioether (sulfide) groups is 1. The number of benzene rings is 2. The Labute approximate surface area is 182 Å². The van der Waals surface area contributed by atoms with Gasteiger partial charge in [-0.3, -0.25) is 4.79 Å². The van der Waals surface area contributed by atoms with Crippen molar-refractivity contribution in [1.82, 2.24) is 5.32 Å². The molecular formula is C24H26N2O3S. The quantitative estimate of drug-likeness (QED) is 0.566. The number of carbonyl (C=O) groups excluding carboxylic acids is 1. The molecule has 1 aliphatic rings. The molecule has 1 amide bonds. The Bertz CT molecular complexity index is 951. The minimum Gasteiger partial charge on any atom is -0.493 e. The molecule has 0 bridgehead atoms. The molecule has 5 nitrogen and oxygen atoms in total. The standard InChI is InChI=1S/C24H26N2O3S/c1-3-4-12-30-24-20(15-25)19(14-23(27)26-24)18-10-11-21(22(13-18)28-2)29-16-17-8-6-5-7-9-17/h5-11,13,19H,3-4,12,14,16H2,1-2H3,(H,26,27)/t19-/m0/s1. The molecule has 2 aromatic rings. The number of nitriles is 1. The summed E-state index contributed by atoms with van der Waals surface area (Å²) in [5, 5.41) is 13.4. The largest absolute Gasteiger partial charge is 0.493 e. The van der Waals surface area contributed by atoms with Gasteiger partial charge in [-0.25, -0.2) is 0 Å². The van der Waals surface area contributed by atoms with Gasteiger partial charge in [0.05, 0.1) is 23.8 Å². The average Bonchev–Trinajstić information content (AvgIpc) is 2.78. The van der Waals surface area contributed by atoms with E-state index in [1.165, 1.54) is 0 Å². The van der Waals surface area contributed by atoms with Gasteiger partial charge in [-0.15, -0.1) is 11.8 Å². The third-order valence-electron chi connectivity index (χ3n) is 4.93. The first-order valence-electron chi connectivity index (χ1n) is 10.1. The fourth-order valence-electron chi connectivity index (χ4n) is 3.29. The van der Waals surface area contributed by atoms with Gasteiger partial charge in [-0.1, -0.05) is 49.7 Å². The zero-order chi connectivity index (χ0) is 21.3. The van der Waals surface area contributed by atoms with Crippen LogP contribution in [0.5, 0.6) is 11.5 Å². The smallest absolute Gasteiger partial charge is 0.225 e. The first-order valence-corrected chi connectivity index (χ1v) is 11.1. The molecule has 2 aromatic carbocycles. The highest BCUT2D eigenvalue weighted by atomic mass is 32.2. The Morgan fingerprint density at radius 1 is 1.20 bits per heavy atom. The van der Waals surface area contributed by atoms with Crippen molar-refractivity contribution in [3.8, 4) is 17.6 Å². The van der Waals surface area contributed by atoms with Crippen LogP contribution in [0, 0.1) is 11.3 Å². The summed E-state index contributed by atoms with van der Waals surface area (Å²) in [5.41, 5.74) is 2.55. The van der Waals surface area contributed by atoms with Gasteiger partial charge in [0.25, 0.3) is 0 Å². The van der Waals surface area contributed by atoms with E-state index in [1.807, 2.05) is 48.5 Å². The molecular weight excluding hydrogens is 396 g/mol. The lowest BCUT2D eigenvalue weighted by atomic mass is 9.87. The van der Waals surface area contributed by atoms with Gasteiger partial charge in [0.15, 0.2) is 11.5 Å². The van der Waals surface area contributed by atoms with E-state index in [9.17, 15) is 10.1 Å². The zero-order valence-electron chi connectivity index (χ0n) is 17.3. The Morgan fingerprint density at radius 3 is 2.70 bits per heavy atom. The summed E-state index contributed by atoms with van der Waals surface area (Å²) in [6.45, 7) is 2.56. The van der Waals surface area contributed by atoms with Gasteiger partial charge in [-0.05, 0) is 35.4 Å². The fraction of sp³-hybridized carbons (Fsp3) is 0.333. The Balaban J connectivity index is 1.83. The van der Waals surface area contributed by atoms with Gasteiger partial charge in [0.1, 0.15) is 6.61 Å². The highest BCUT2D eigenvalue weighted by Crippen LogP contribution is 2.39. The van der Waals surface area contributed by atoms with Crippen LogP contribution in [0.15, 0.2) is 59.1 Å². The lowest BCUT2D eigenvalue weighted by Gasteiger charge is -2.25. The molecule has 0 fully saturated rings. The van der Waals surface area contributed by atoms with Gasteiger partial charge in [0, 0.05) is 12.3 Å². The average molecular weight is 423 g/mol. The van der Waals surface area contributed by atoms with Crippen molar-refractivity contribution in [3.05, 3.63) is 70.3 Å². The molecule has 0 radical (unpaired) electrons. The van der Waals surface area contributed by atoms with Crippen LogP contribution in [0.25, 0.3) is 0 Å². The first-order chi connectivity index (χ1) is 14.7. The molecule has 1 aliphatic heterocycles. The number of nitrogens with zero attached hydrogens (tertiary/aromatic N) is 1. The van der Waals surface area contributed by atoms with E-state index in [-0.39, 0.29) is 18.2 Å². The number of methoxy groups -OCH3 is 1. The maximum Gasteiger partial charge on any atom is 0.225 e. The van der Waals surface area contributed by atoms with Crippen LogP contribution in [0.3, 0.4) is 0 Å². The number of ether oxygens (including phenoxy) is 2. The minimum absolute atomic E-state index is 0.0682. The molecule has 1 heterocycles. The van der Waals surface area contributed by atoms with Crippen LogP contribution in [0.2, 0.25) is 0 Å². The molecule has 1 N–H and O–H groups in total. The maximum absolute atomic E-state index is 12.3. The number of hydrogen-bond acceptors (Lipinski definition) is 5. The minimum atomic E-state index is -0.287. The third kappa shape index (κ3) is 5.37. The number of carbonyl (C=O) groups is 1. The second-order valence-electron chi connectivity index (χ2n) is 7.05. The molecule has 0 aromatic heterocycles. The van der Waals surface area contributed by atoms with Crippen LogP contribution < -0.4 is 14.8 Å². The van der Waals surface area contributed by atoms with Crippen LogP contribution in [-0.4, -0.2) is 18.8 Å². The van der Waals surface area contributed by atoms with E-state index in [4.69, 9.17) is 9.47 Å². The number of nitrogens with one attached hydrogen (secondary N) is 1. The first kappa shape index (κ1) is 21.8. The number of hydrogen-bond donors (Lipinski definition) is 1. The van der Waals surface area contributed by atoms with Crippen molar-refractivity contribution < 1.29 is 14.3 Å². The number of allylic oxidation sites excluding steroid dienone is 1. The summed E-state index contributed by atoms with van der Waals surface area (Å²) in [6, 6.07) is 17.9. The van der Waals surface area contributed by atoms with E-state index >= 15 is 0 Å². The van der Waals surface area contributed by atoms with Gasteiger partial charge >= 0.3 is 0 Å². The topological polar surface area (TPSA) is 71.3 Å². The van der Waals surface area contributed by atoms with E-state index in [0.29, 0.717) is 28.7 Å². The Hall–Kier alpha value is -2.91. The van der Waals surface area contributed by atoms with Gasteiger partial charge < -0.3 is 14.8 Å². The van der Waals surface area contributed by atoms with Crippen molar-refractivity contribution in [2.45, 2.75) is 38.7 Å². The van der Waals surface area contributed by atoms with E-state index in [2.05, 4.69) is 18.3 Å². The molecule has 1 atom stereocenters. The molecule has 6 heteroatoms. The van der Waals surface area contributed by atoms with Gasteiger partial charge in [-0.2, -0.15) is 5.26 Å². The maximum atomic E-state index is 12.3. The lowest BCUT2D eigenvalue weighted by molar-refractivity contribution is -0.120. The van der Waals surface area contributed by atoms with Crippen molar-refractivity contribution in [1.29, 1.82) is 5.26 Å². The fourth-order valence-corrected chi connectivity index (χ4v) is 4.46. The molecule has 0 saturated heterocycles.